The summed E-state index contributed by atoms with van der Waals surface area (Å²) in [6.07, 6.45) is 0.979. The fourth-order valence-electron chi connectivity index (χ4n) is 4.18. The first kappa shape index (κ1) is 17.3. The number of para-hydroxylation sites is 1. The smallest absolute Gasteiger partial charge is 0.0648 e. The standard InChI is InChI=1S/C26H19NS2/c1-17-10-12-19(13-11-17)27-21-7-3-5-9-24(21)29-25-15-14-23-20(26(25)27)16-18-6-2-4-8-22(18)28-23/h2-15H,16H2,1H3. The monoisotopic (exact) mass is 409 g/mol. The van der Waals surface area contributed by atoms with Crippen LogP contribution in [0, 0.1) is 6.92 Å². The van der Waals surface area contributed by atoms with Crippen molar-refractivity contribution in [2.24, 2.45) is 0 Å². The van der Waals surface area contributed by atoms with Crippen LogP contribution in [0.5, 0.6) is 0 Å². The van der Waals surface area contributed by atoms with Crippen molar-refractivity contribution in [1.82, 2.24) is 0 Å². The second-order valence-electron chi connectivity index (χ2n) is 7.52. The molecule has 0 saturated carbocycles. The van der Waals surface area contributed by atoms with Crippen molar-refractivity contribution in [2.45, 2.75) is 32.9 Å². The number of hydrogen-bond donors (Lipinski definition) is 0. The number of nitrogens with zero attached hydrogens (tertiary/aromatic N) is 1. The van der Waals surface area contributed by atoms with Crippen molar-refractivity contribution in [3.8, 4) is 0 Å². The minimum atomic E-state index is 0.979. The minimum absolute atomic E-state index is 0.979. The second-order valence-corrected chi connectivity index (χ2v) is 9.68. The van der Waals surface area contributed by atoms with E-state index < -0.39 is 0 Å². The van der Waals surface area contributed by atoms with Crippen LogP contribution >= 0.6 is 23.5 Å². The predicted molar refractivity (Wildman–Crippen MR) is 123 cm³/mol. The van der Waals surface area contributed by atoms with Gasteiger partial charge in [0.1, 0.15) is 0 Å². The Morgan fingerprint density at radius 3 is 2.21 bits per heavy atom. The van der Waals surface area contributed by atoms with E-state index in [4.69, 9.17) is 0 Å². The van der Waals surface area contributed by atoms with Crippen molar-refractivity contribution in [3.05, 3.63) is 102 Å². The molecule has 2 aliphatic rings. The number of benzene rings is 4. The van der Waals surface area contributed by atoms with Gasteiger partial charge < -0.3 is 4.90 Å². The third-order valence-corrected chi connectivity index (χ3v) is 7.94. The Morgan fingerprint density at radius 1 is 0.655 bits per heavy atom. The molecular weight excluding hydrogens is 390 g/mol. The van der Waals surface area contributed by atoms with Crippen molar-refractivity contribution in [3.63, 3.8) is 0 Å². The molecular formula is C26H19NS2. The molecule has 0 unspecified atom stereocenters. The van der Waals surface area contributed by atoms with Crippen molar-refractivity contribution < 1.29 is 0 Å². The molecule has 0 N–H and O–H groups in total. The Hall–Kier alpha value is -2.62. The van der Waals surface area contributed by atoms with Crippen LogP contribution in [0.4, 0.5) is 17.1 Å². The first-order valence-electron chi connectivity index (χ1n) is 9.83. The molecule has 0 aromatic heterocycles. The van der Waals surface area contributed by atoms with Gasteiger partial charge in [0.2, 0.25) is 0 Å². The molecule has 0 saturated heterocycles. The Bertz CT molecular complexity index is 1240. The van der Waals surface area contributed by atoms with Gasteiger partial charge in [0.25, 0.3) is 0 Å². The molecule has 29 heavy (non-hydrogen) atoms. The summed E-state index contributed by atoms with van der Waals surface area (Å²) in [5, 5.41) is 0. The van der Waals surface area contributed by atoms with E-state index in [1.807, 2.05) is 23.5 Å². The van der Waals surface area contributed by atoms with Gasteiger partial charge >= 0.3 is 0 Å². The highest BCUT2D eigenvalue weighted by Gasteiger charge is 2.30. The van der Waals surface area contributed by atoms with Crippen molar-refractivity contribution in [1.29, 1.82) is 0 Å². The molecule has 0 spiro atoms. The lowest BCUT2D eigenvalue weighted by molar-refractivity contribution is 1.01. The first-order chi connectivity index (χ1) is 14.3. The van der Waals surface area contributed by atoms with Gasteiger partial charge in [-0.15, -0.1) is 0 Å². The zero-order chi connectivity index (χ0) is 19.4. The highest BCUT2D eigenvalue weighted by molar-refractivity contribution is 8.00. The van der Waals surface area contributed by atoms with Gasteiger partial charge in [0.15, 0.2) is 0 Å². The molecule has 2 aliphatic heterocycles. The first-order valence-corrected chi connectivity index (χ1v) is 11.5. The molecule has 4 aromatic carbocycles. The van der Waals surface area contributed by atoms with E-state index in [1.165, 1.54) is 53.3 Å². The van der Waals surface area contributed by atoms with E-state index in [-0.39, 0.29) is 0 Å². The molecule has 0 aliphatic carbocycles. The Labute approximate surface area is 179 Å². The number of anilines is 3. The zero-order valence-corrected chi connectivity index (χ0v) is 17.7. The Morgan fingerprint density at radius 2 is 1.34 bits per heavy atom. The van der Waals surface area contributed by atoms with Crippen LogP contribution in [0.25, 0.3) is 0 Å². The van der Waals surface area contributed by atoms with Crippen molar-refractivity contribution >= 4 is 40.6 Å². The normalized spacial score (nSPS) is 13.9. The highest BCUT2D eigenvalue weighted by Crippen LogP contribution is 2.56. The van der Waals surface area contributed by atoms with Gasteiger partial charge in [-0.1, -0.05) is 71.6 Å². The van der Waals surface area contributed by atoms with Crippen LogP contribution in [0.15, 0.2) is 105 Å². The lowest BCUT2D eigenvalue weighted by atomic mass is 10.0. The SMILES string of the molecule is Cc1ccc(N2c3ccccc3Sc3ccc4c(c32)Cc2ccccc2S4)cc1. The fraction of sp³-hybridized carbons (Fsp3) is 0.0769. The lowest BCUT2D eigenvalue weighted by Crippen LogP contribution is -2.18. The van der Waals surface area contributed by atoms with Gasteiger partial charge in [-0.25, -0.2) is 0 Å². The van der Waals surface area contributed by atoms with E-state index in [0.717, 1.165) is 6.42 Å². The molecule has 0 radical (unpaired) electrons. The molecule has 0 fully saturated rings. The maximum atomic E-state index is 2.47. The second kappa shape index (κ2) is 6.72. The maximum Gasteiger partial charge on any atom is 0.0648 e. The average molecular weight is 410 g/mol. The molecule has 0 amide bonds. The molecule has 2 heterocycles. The zero-order valence-electron chi connectivity index (χ0n) is 16.1. The van der Waals surface area contributed by atoms with Gasteiger partial charge in [-0.2, -0.15) is 0 Å². The summed E-state index contributed by atoms with van der Waals surface area (Å²) in [4.78, 5) is 7.87. The van der Waals surface area contributed by atoms with E-state index in [2.05, 4.69) is 96.8 Å². The summed E-state index contributed by atoms with van der Waals surface area (Å²) in [5.74, 6) is 0. The quantitative estimate of drug-likeness (QED) is 0.271. The van der Waals surface area contributed by atoms with Gasteiger partial charge in [-0.05, 0) is 60.5 Å². The van der Waals surface area contributed by atoms with E-state index in [9.17, 15) is 0 Å². The van der Waals surface area contributed by atoms with Crippen LogP contribution in [-0.2, 0) is 6.42 Å². The van der Waals surface area contributed by atoms with Gasteiger partial charge in [0.05, 0.1) is 11.4 Å². The lowest BCUT2D eigenvalue weighted by Gasteiger charge is -2.36. The van der Waals surface area contributed by atoms with Crippen LogP contribution < -0.4 is 4.90 Å². The molecule has 4 aromatic rings. The summed E-state index contributed by atoms with van der Waals surface area (Å²) < 4.78 is 0. The minimum Gasteiger partial charge on any atom is -0.308 e. The number of rotatable bonds is 1. The van der Waals surface area contributed by atoms with E-state index in [0.29, 0.717) is 0 Å². The number of aryl methyl sites for hydroxylation is 1. The van der Waals surface area contributed by atoms with E-state index >= 15 is 0 Å². The van der Waals surface area contributed by atoms with Crippen LogP contribution in [0.1, 0.15) is 16.7 Å². The third kappa shape index (κ3) is 2.80. The third-order valence-electron chi connectivity index (χ3n) is 5.60. The molecule has 1 nitrogen and oxygen atoms in total. The van der Waals surface area contributed by atoms with E-state index in [1.54, 1.807) is 0 Å². The van der Waals surface area contributed by atoms with Crippen LogP contribution in [0.2, 0.25) is 0 Å². The summed E-state index contributed by atoms with van der Waals surface area (Å²) in [5.41, 5.74) is 7.98. The number of fused-ring (bicyclic) bond motifs is 5. The molecule has 0 bridgehead atoms. The van der Waals surface area contributed by atoms with Crippen LogP contribution in [0.3, 0.4) is 0 Å². The summed E-state index contributed by atoms with van der Waals surface area (Å²) in [6, 6.07) is 31.1. The summed E-state index contributed by atoms with van der Waals surface area (Å²) in [6.45, 7) is 2.15. The summed E-state index contributed by atoms with van der Waals surface area (Å²) in [7, 11) is 0. The Kier molecular flexibility index (Phi) is 4.00. The molecule has 0 atom stereocenters. The number of hydrogen-bond acceptors (Lipinski definition) is 3. The highest BCUT2D eigenvalue weighted by atomic mass is 32.2. The van der Waals surface area contributed by atoms with Crippen molar-refractivity contribution in [2.75, 3.05) is 4.90 Å². The van der Waals surface area contributed by atoms with Crippen LogP contribution in [-0.4, -0.2) is 0 Å². The largest absolute Gasteiger partial charge is 0.308 e. The molecule has 140 valence electrons. The maximum absolute atomic E-state index is 2.47. The van der Waals surface area contributed by atoms with Gasteiger partial charge in [0, 0.05) is 31.7 Å². The fourth-order valence-corrected chi connectivity index (χ4v) is 6.36. The molecule has 3 heteroatoms. The molecule has 6 rings (SSSR count). The topological polar surface area (TPSA) is 3.24 Å². The average Bonchev–Trinajstić information content (AvgIpc) is 2.77. The van der Waals surface area contributed by atoms with Gasteiger partial charge in [-0.3, -0.25) is 0 Å². The Balaban J connectivity index is 1.59. The predicted octanol–water partition coefficient (Wildman–Crippen LogP) is 7.98. The summed E-state index contributed by atoms with van der Waals surface area (Å²) >= 11 is 3.79.